The van der Waals surface area contributed by atoms with Crippen molar-refractivity contribution in [3.05, 3.63) is 59.1 Å². The van der Waals surface area contributed by atoms with E-state index in [-0.39, 0.29) is 0 Å². The Kier molecular flexibility index (Phi) is 2.77. The maximum absolute atomic E-state index is 10.8. The van der Waals surface area contributed by atoms with E-state index in [1.165, 1.54) is 0 Å². The lowest BCUT2D eigenvalue weighted by molar-refractivity contribution is 0.107. The van der Waals surface area contributed by atoms with E-state index >= 15 is 0 Å². The Hall–Kier alpha value is -1.91. The molecule has 0 radical (unpaired) electrons. The zero-order valence-corrected chi connectivity index (χ0v) is 11.3. The molecule has 2 aromatic heterocycles. The minimum atomic E-state index is -1.12. The summed E-state index contributed by atoms with van der Waals surface area (Å²) in [4.78, 5) is 4.92. The summed E-state index contributed by atoms with van der Waals surface area (Å²) >= 11 is 1.57. The fraction of sp³-hybridized carbons (Fsp3) is 0.133. The van der Waals surface area contributed by atoms with Crippen LogP contribution in [0.4, 0.5) is 5.82 Å². The maximum Gasteiger partial charge on any atom is 0.129 e. The van der Waals surface area contributed by atoms with Gasteiger partial charge in [-0.25, -0.2) is 4.98 Å². The van der Waals surface area contributed by atoms with Crippen molar-refractivity contribution in [2.75, 3.05) is 5.73 Å². The summed E-state index contributed by atoms with van der Waals surface area (Å²) in [5.41, 5.74) is 5.39. The Bertz CT molecular complexity index is 701. The number of benzene rings is 1. The SMILES string of the molecule is CC(O)(c1cc2ccccc2s1)c1cccnc1N. The standard InChI is InChI=1S/C15H14N2OS/c1-15(18,11-6-4-8-17-14(11)16)13-9-10-5-2-3-7-12(10)19-13/h2-9,18H,1H3,(H2,16,17). The van der Waals surface area contributed by atoms with Gasteiger partial charge in [-0.05, 0) is 30.5 Å². The first-order valence-corrected chi connectivity index (χ1v) is 6.83. The molecular weight excluding hydrogens is 256 g/mol. The summed E-state index contributed by atoms with van der Waals surface area (Å²) in [6.07, 6.45) is 1.62. The van der Waals surface area contributed by atoms with Crippen molar-refractivity contribution in [3.8, 4) is 0 Å². The van der Waals surface area contributed by atoms with Crippen LogP contribution < -0.4 is 5.73 Å². The predicted octanol–water partition coefficient (Wildman–Crippen LogP) is 3.13. The monoisotopic (exact) mass is 270 g/mol. The number of pyridine rings is 1. The van der Waals surface area contributed by atoms with Crippen LogP contribution in [0.15, 0.2) is 48.7 Å². The zero-order chi connectivity index (χ0) is 13.5. The van der Waals surface area contributed by atoms with Gasteiger partial charge in [0.1, 0.15) is 11.4 Å². The second kappa shape index (κ2) is 4.33. The van der Waals surface area contributed by atoms with Gasteiger partial charge < -0.3 is 10.8 Å². The van der Waals surface area contributed by atoms with Gasteiger partial charge in [-0.15, -0.1) is 11.3 Å². The number of hydrogen-bond donors (Lipinski definition) is 2. The van der Waals surface area contributed by atoms with Gasteiger partial charge in [0.25, 0.3) is 0 Å². The lowest BCUT2D eigenvalue weighted by Gasteiger charge is -2.23. The van der Waals surface area contributed by atoms with Crippen molar-refractivity contribution in [1.82, 2.24) is 4.98 Å². The molecule has 96 valence electrons. The van der Waals surface area contributed by atoms with Gasteiger partial charge >= 0.3 is 0 Å². The fourth-order valence-corrected chi connectivity index (χ4v) is 3.31. The highest BCUT2D eigenvalue weighted by molar-refractivity contribution is 7.19. The van der Waals surface area contributed by atoms with Gasteiger partial charge in [0, 0.05) is 21.3 Å². The molecule has 3 N–H and O–H groups in total. The molecule has 0 saturated heterocycles. The maximum atomic E-state index is 10.8. The number of aliphatic hydroxyl groups is 1. The zero-order valence-electron chi connectivity index (χ0n) is 10.5. The molecule has 0 aliphatic rings. The number of anilines is 1. The first-order chi connectivity index (χ1) is 9.09. The second-order valence-electron chi connectivity index (χ2n) is 4.66. The smallest absolute Gasteiger partial charge is 0.129 e. The summed E-state index contributed by atoms with van der Waals surface area (Å²) in [5.74, 6) is 0.366. The molecule has 0 spiro atoms. The molecule has 0 amide bonds. The number of rotatable bonds is 2. The van der Waals surface area contributed by atoms with Crippen LogP contribution in [-0.4, -0.2) is 10.1 Å². The van der Waals surface area contributed by atoms with E-state index in [0.29, 0.717) is 11.4 Å². The molecule has 1 atom stereocenters. The fourth-order valence-electron chi connectivity index (χ4n) is 2.18. The van der Waals surface area contributed by atoms with Gasteiger partial charge in [-0.2, -0.15) is 0 Å². The van der Waals surface area contributed by atoms with Gasteiger partial charge in [-0.3, -0.25) is 0 Å². The van der Waals surface area contributed by atoms with Crippen LogP contribution >= 0.6 is 11.3 Å². The van der Waals surface area contributed by atoms with Crippen molar-refractivity contribution < 1.29 is 5.11 Å². The third kappa shape index (κ3) is 1.99. The number of nitrogens with two attached hydrogens (primary N) is 1. The molecule has 3 nitrogen and oxygen atoms in total. The largest absolute Gasteiger partial charge is 0.383 e. The van der Waals surface area contributed by atoms with Crippen molar-refractivity contribution in [3.63, 3.8) is 0 Å². The third-order valence-electron chi connectivity index (χ3n) is 3.27. The van der Waals surface area contributed by atoms with E-state index in [1.54, 1.807) is 30.5 Å². The summed E-state index contributed by atoms with van der Waals surface area (Å²) in [7, 11) is 0. The number of fused-ring (bicyclic) bond motifs is 1. The van der Waals surface area contributed by atoms with E-state index in [1.807, 2.05) is 36.4 Å². The molecule has 1 unspecified atom stereocenters. The number of aromatic nitrogens is 1. The average molecular weight is 270 g/mol. The van der Waals surface area contributed by atoms with E-state index in [0.717, 1.165) is 15.0 Å². The molecule has 0 saturated carbocycles. The number of hydrogen-bond acceptors (Lipinski definition) is 4. The molecule has 0 aliphatic heterocycles. The Morgan fingerprint density at radius 3 is 2.74 bits per heavy atom. The highest BCUT2D eigenvalue weighted by Crippen LogP contribution is 2.38. The molecule has 0 fully saturated rings. The average Bonchev–Trinajstić information content (AvgIpc) is 2.83. The molecule has 0 bridgehead atoms. The molecule has 3 rings (SSSR count). The molecule has 0 aliphatic carbocycles. The third-order valence-corrected chi connectivity index (χ3v) is 4.60. The minimum absolute atomic E-state index is 0.366. The normalized spacial score (nSPS) is 14.4. The Labute approximate surface area is 115 Å². The summed E-state index contributed by atoms with van der Waals surface area (Å²) < 4.78 is 1.15. The highest BCUT2D eigenvalue weighted by Gasteiger charge is 2.30. The van der Waals surface area contributed by atoms with E-state index in [4.69, 9.17) is 5.73 Å². The van der Waals surface area contributed by atoms with Crippen LogP contribution in [0, 0.1) is 0 Å². The highest BCUT2D eigenvalue weighted by atomic mass is 32.1. The van der Waals surface area contributed by atoms with Crippen molar-refractivity contribution in [2.45, 2.75) is 12.5 Å². The summed E-state index contributed by atoms with van der Waals surface area (Å²) in [5, 5.41) is 12.0. The summed E-state index contributed by atoms with van der Waals surface area (Å²) in [6, 6.07) is 13.7. The van der Waals surface area contributed by atoms with Crippen molar-refractivity contribution in [2.24, 2.45) is 0 Å². The molecule has 3 aromatic rings. The van der Waals surface area contributed by atoms with Crippen molar-refractivity contribution in [1.29, 1.82) is 0 Å². The predicted molar refractivity (Wildman–Crippen MR) is 79.1 cm³/mol. The van der Waals surface area contributed by atoms with E-state index < -0.39 is 5.60 Å². The quantitative estimate of drug-likeness (QED) is 0.752. The van der Waals surface area contributed by atoms with Crippen LogP contribution in [0.25, 0.3) is 10.1 Å². The van der Waals surface area contributed by atoms with Gasteiger partial charge in [-0.1, -0.05) is 24.3 Å². The molecule has 1 aromatic carbocycles. The first kappa shape index (κ1) is 12.1. The Morgan fingerprint density at radius 2 is 2.00 bits per heavy atom. The van der Waals surface area contributed by atoms with Gasteiger partial charge in [0.15, 0.2) is 0 Å². The Morgan fingerprint density at radius 1 is 1.21 bits per heavy atom. The molecule has 19 heavy (non-hydrogen) atoms. The lowest BCUT2D eigenvalue weighted by Crippen LogP contribution is -2.23. The first-order valence-electron chi connectivity index (χ1n) is 6.01. The van der Waals surface area contributed by atoms with Crippen molar-refractivity contribution >= 4 is 27.2 Å². The van der Waals surface area contributed by atoms with E-state index in [2.05, 4.69) is 4.98 Å². The van der Waals surface area contributed by atoms with Crippen LogP contribution in [-0.2, 0) is 5.60 Å². The van der Waals surface area contributed by atoms with Gasteiger partial charge in [0.05, 0.1) is 0 Å². The molecular formula is C15H14N2OS. The van der Waals surface area contributed by atoms with E-state index in [9.17, 15) is 5.11 Å². The van der Waals surface area contributed by atoms with Gasteiger partial charge in [0.2, 0.25) is 0 Å². The molecule has 4 heteroatoms. The van der Waals surface area contributed by atoms with Crippen LogP contribution in [0.1, 0.15) is 17.4 Å². The Balaban J connectivity index is 2.16. The van der Waals surface area contributed by atoms with Crippen LogP contribution in [0.5, 0.6) is 0 Å². The number of thiophene rings is 1. The van der Waals surface area contributed by atoms with Crippen LogP contribution in [0.3, 0.4) is 0 Å². The lowest BCUT2D eigenvalue weighted by atomic mass is 9.94. The van der Waals surface area contributed by atoms with Crippen LogP contribution in [0.2, 0.25) is 0 Å². The number of nitrogen functional groups attached to an aromatic ring is 1. The minimum Gasteiger partial charge on any atom is -0.383 e. The topological polar surface area (TPSA) is 59.1 Å². The summed E-state index contributed by atoms with van der Waals surface area (Å²) in [6.45, 7) is 1.76. The molecule has 2 heterocycles. The second-order valence-corrected chi connectivity index (χ2v) is 5.74. The number of nitrogens with zero attached hydrogens (tertiary/aromatic N) is 1.